The number of aliphatic hydroxyl groups is 2. The van der Waals surface area contributed by atoms with Crippen LogP contribution in [0.3, 0.4) is 0 Å². The maximum atomic E-state index is 13.2. The first-order chi connectivity index (χ1) is 31.5. The molecule has 0 spiro atoms. The van der Waals surface area contributed by atoms with Gasteiger partial charge in [0.05, 0.1) is 25.2 Å². The lowest BCUT2D eigenvalue weighted by Gasteiger charge is -2.24. The van der Waals surface area contributed by atoms with Crippen LogP contribution in [0, 0.1) is 0 Å². The van der Waals surface area contributed by atoms with Crippen molar-refractivity contribution < 1.29 is 24.5 Å². The molecule has 6 heteroatoms. The second-order valence-electron chi connectivity index (χ2n) is 19.3. The molecule has 3 N–H and O–H groups in total. The third-order valence-electron chi connectivity index (χ3n) is 12.9. The minimum Gasteiger partial charge on any atom is -0.462 e. The van der Waals surface area contributed by atoms with Gasteiger partial charge in [0.1, 0.15) is 6.10 Å². The zero-order valence-electron chi connectivity index (χ0n) is 42.9. The number of amides is 1. The molecular weight excluding hydrogens is 791 g/mol. The Morgan fingerprint density at radius 2 is 0.797 bits per heavy atom. The van der Waals surface area contributed by atoms with Crippen molar-refractivity contribution >= 4 is 11.9 Å². The summed E-state index contributed by atoms with van der Waals surface area (Å²) in [5, 5.41) is 23.9. The largest absolute Gasteiger partial charge is 0.462 e. The Morgan fingerprint density at radius 1 is 0.453 bits per heavy atom. The molecule has 3 atom stereocenters. The molecule has 64 heavy (non-hydrogen) atoms. The van der Waals surface area contributed by atoms with Crippen LogP contribution in [0.2, 0.25) is 0 Å². The average molecular weight is 901 g/mol. The third-order valence-corrected chi connectivity index (χ3v) is 12.9. The molecule has 0 radical (unpaired) electrons. The van der Waals surface area contributed by atoms with Crippen molar-refractivity contribution in [2.75, 3.05) is 6.61 Å². The lowest BCUT2D eigenvalue weighted by Crippen LogP contribution is -2.46. The van der Waals surface area contributed by atoms with E-state index in [2.05, 4.69) is 62.5 Å². The number of hydrogen-bond acceptors (Lipinski definition) is 5. The van der Waals surface area contributed by atoms with Gasteiger partial charge in [-0.25, -0.2) is 0 Å². The van der Waals surface area contributed by atoms with Gasteiger partial charge in [-0.15, -0.1) is 0 Å². The number of unbranched alkanes of at least 4 members (excludes halogenated alkanes) is 33. The molecule has 0 aliphatic rings. The summed E-state index contributed by atoms with van der Waals surface area (Å²) in [5.74, 6) is -0.479. The second-order valence-corrected chi connectivity index (χ2v) is 19.3. The molecule has 0 heterocycles. The van der Waals surface area contributed by atoms with E-state index in [0.29, 0.717) is 19.3 Å². The Bertz CT molecular complexity index is 1060. The maximum absolute atomic E-state index is 13.2. The minimum absolute atomic E-state index is 0.0713. The topological polar surface area (TPSA) is 95.9 Å². The number of allylic oxidation sites excluding steroid dienone is 6. The lowest BCUT2D eigenvalue weighted by molar-refractivity contribution is -0.151. The van der Waals surface area contributed by atoms with Crippen molar-refractivity contribution in [2.45, 2.75) is 315 Å². The van der Waals surface area contributed by atoms with E-state index in [0.717, 1.165) is 70.6 Å². The van der Waals surface area contributed by atoms with Gasteiger partial charge in [-0.2, -0.15) is 0 Å². The van der Waals surface area contributed by atoms with Gasteiger partial charge < -0.3 is 20.3 Å². The standard InChI is InChI=1S/C58H109NO5/c1-4-7-10-13-16-19-22-25-27-28-30-33-36-39-42-45-48-51-58(63)64-54(49-46-43-40-37-34-31-24-21-18-15-12-9-6-3)52-57(62)59-55(53-60)56(61)50-47-44-41-38-35-32-29-26-23-20-17-14-11-8-5-2/h16,19,21,24-25,27,54-56,60-61H,4-15,17-18,20,22-23,26,28-53H2,1-3H3,(H,59,62)/b19-16-,24-21-,27-25-. The molecule has 0 aromatic heterocycles. The first-order valence-corrected chi connectivity index (χ1v) is 28.2. The Morgan fingerprint density at radius 3 is 1.25 bits per heavy atom. The van der Waals surface area contributed by atoms with Crippen LogP contribution >= 0.6 is 0 Å². The van der Waals surface area contributed by atoms with Crippen LogP contribution in [0.25, 0.3) is 0 Å². The first-order valence-electron chi connectivity index (χ1n) is 28.2. The monoisotopic (exact) mass is 900 g/mol. The van der Waals surface area contributed by atoms with Crippen LogP contribution in [0.4, 0.5) is 0 Å². The number of esters is 1. The summed E-state index contributed by atoms with van der Waals surface area (Å²) in [6.45, 7) is 6.47. The van der Waals surface area contributed by atoms with Gasteiger partial charge in [0, 0.05) is 6.42 Å². The van der Waals surface area contributed by atoms with Crippen molar-refractivity contribution in [3.05, 3.63) is 36.5 Å². The van der Waals surface area contributed by atoms with Crippen molar-refractivity contribution in [3.63, 3.8) is 0 Å². The van der Waals surface area contributed by atoms with Crippen LogP contribution in [0.1, 0.15) is 297 Å². The highest BCUT2D eigenvalue weighted by Gasteiger charge is 2.24. The molecular formula is C58H109NO5. The molecule has 0 aromatic carbocycles. The van der Waals surface area contributed by atoms with E-state index in [1.54, 1.807) is 0 Å². The lowest BCUT2D eigenvalue weighted by atomic mass is 10.0. The molecule has 0 fully saturated rings. The number of rotatable bonds is 51. The second kappa shape index (κ2) is 52.1. The third kappa shape index (κ3) is 46.6. The molecule has 376 valence electrons. The molecule has 0 saturated heterocycles. The SMILES string of the molecule is CCCCC/C=C\C/C=C\CCCCCCCCCC(=O)OC(CCCCCCC/C=C\CCCCCC)CC(=O)NC(CO)C(O)CCCCCCCCCCCCCCCCC. The van der Waals surface area contributed by atoms with Crippen molar-refractivity contribution in [3.8, 4) is 0 Å². The number of nitrogens with one attached hydrogen (secondary N) is 1. The average Bonchev–Trinajstić information content (AvgIpc) is 3.29. The number of ether oxygens (including phenoxy) is 1. The first kappa shape index (κ1) is 62.1. The number of hydrogen-bond donors (Lipinski definition) is 3. The van der Waals surface area contributed by atoms with Crippen LogP contribution < -0.4 is 5.32 Å². The molecule has 0 rings (SSSR count). The Balaban J connectivity index is 4.53. The number of carbonyl (C=O) groups excluding carboxylic acids is 2. The highest BCUT2D eigenvalue weighted by Crippen LogP contribution is 2.18. The Kier molecular flexibility index (Phi) is 50.5. The summed E-state index contributed by atoms with van der Waals surface area (Å²) in [5.41, 5.74) is 0. The summed E-state index contributed by atoms with van der Waals surface area (Å²) in [4.78, 5) is 26.2. The quantitative estimate of drug-likeness (QED) is 0.0321. The highest BCUT2D eigenvalue weighted by molar-refractivity contribution is 5.77. The van der Waals surface area contributed by atoms with Crippen molar-refractivity contribution in [2.24, 2.45) is 0 Å². The van der Waals surface area contributed by atoms with Crippen LogP contribution in [-0.4, -0.2) is 46.9 Å². The van der Waals surface area contributed by atoms with Gasteiger partial charge in [0.15, 0.2) is 0 Å². The van der Waals surface area contributed by atoms with Crippen LogP contribution in [-0.2, 0) is 14.3 Å². The fourth-order valence-electron chi connectivity index (χ4n) is 8.63. The zero-order valence-corrected chi connectivity index (χ0v) is 42.9. The molecule has 0 aliphatic heterocycles. The van der Waals surface area contributed by atoms with Gasteiger partial charge in [-0.1, -0.05) is 237 Å². The molecule has 3 unspecified atom stereocenters. The van der Waals surface area contributed by atoms with E-state index in [4.69, 9.17) is 4.74 Å². The van der Waals surface area contributed by atoms with E-state index < -0.39 is 18.2 Å². The van der Waals surface area contributed by atoms with Gasteiger partial charge in [-0.3, -0.25) is 9.59 Å². The van der Waals surface area contributed by atoms with E-state index in [-0.39, 0.29) is 24.9 Å². The summed E-state index contributed by atoms with van der Waals surface area (Å²) in [6, 6.07) is -0.704. The summed E-state index contributed by atoms with van der Waals surface area (Å²) >= 11 is 0. The van der Waals surface area contributed by atoms with E-state index >= 15 is 0 Å². The highest BCUT2D eigenvalue weighted by atomic mass is 16.5. The molecule has 1 amide bonds. The zero-order chi connectivity index (χ0) is 46.7. The molecule has 0 aliphatic carbocycles. The normalized spacial score (nSPS) is 13.4. The Labute approximate surface area is 398 Å². The Hall–Kier alpha value is -1.92. The fraction of sp³-hybridized carbons (Fsp3) is 0.862. The van der Waals surface area contributed by atoms with Gasteiger partial charge >= 0.3 is 5.97 Å². The summed E-state index contributed by atoms with van der Waals surface area (Å²) in [6.07, 6.45) is 62.0. The van der Waals surface area contributed by atoms with Gasteiger partial charge in [0.2, 0.25) is 5.91 Å². The number of carbonyl (C=O) groups is 2. The predicted molar refractivity (Wildman–Crippen MR) is 278 cm³/mol. The number of aliphatic hydroxyl groups excluding tert-OH is 2. The van der Waals surface area contributed by atoms with Crippen molar-refractivity contribution in [1.82, 2.24) is 5.32 Å². The molecule has 0 aromatic rings. The fourth-order valence-corrected chi connectivity index (χ4v) is 8.63. The van der Waals surface area contributed by atoms with Gasteiger partial charge in [-0.05, 0) is 83.5 Å². The molecule has 0 bridgehead atoms. The van der Waals surface area contributed by atoms with E-state index in [9.17, 15) is 19.8 Å². The predicted octanol–water partition coefficient (Wildman–Crippen LogP) is 17.2. The van der Waals surface area contributed by atoms with Crippen LogP contribution in [0.5, 0.6) is 0 Å². The maximum Gasteiger partial charge on any atom is 0.306 e. The smallest absolute Gasteiger partial charge is 0.306 e. The van der Waals surface area contributed by atoms with E-state index in [1.165, 1.54) is 180 Å². The minimum atomic E-state index is -0.790. The van der Waals surface area contributed by atoms with Crippen molar-refractivity contribution in [1.29, 1.82) is 0 Å². The van der Waals surface area contributed by atoms with Gasteiger partial charge in [0.25, 0.3) is 0 Å². The van der Waals surface area contributed by atoms with E-state index in [1.807, 2.05) is 0 Å². The van der Waals surface area contributed by atoms with Crippen LogP contribution in [0.15, 0.2) is 36.5 Å². The molecule has 0 saturated carbocycles. The summed E-state index contributed by atoms with van der Waals surface area (Å²) < 4.78 is 5.95. The summed E-state index contributed by atoms with van der Waals surface area (Å²) in [7, 11) is 0. The molecule has 6 nitrogen and oxygen atoms in total.